The summed E-state index contributed by atoms with van der Waals surface area (Å²) in [4.78, 5) is 5.06. The van der Waals surface area contributed by atoms with E-state index in [2.05, 4.69) is 85.6 Å². The zero-order valence-electron chi connectivity index (χ0n) is 15.1. The Labute approximate surface area is 152 Å². The third-order valence-corrected chi connectivity index (χ3v) is 7.79. The van der Waals surface area contributed by atoms with Crippen molar-refractivity contribution in [1.82, 2.24) is 4.98 Å². The van der Waals surface area contributed by atoms with Gasteiger partial charge in [-0.05, 0) is 0 Å². The van der Waals surface area contributed by atoms with Gasteiger partial charge >= 0.3 is 152 Å². The first-order valence-corrected chi connectivity index (χ1v) is 13.7. The van der Waals surface area contributed by atoms with Gasteiger partial charge in [-0.15, -0.1) is 0 Å². The van der Waals surface area contributed by atoms with Crippen LogP contribution in [0, 0.1) is 13.8 Å². The van der Waals surface area contributed by atoms with Gasteiger partial charge in [0.1, 0.15) is 0 Å². The first-order chi connectivity index (χ1) is 11.3. The summed E-state index contributed by atoms with van der Waals surface area (Å²) in [6.45, 7) is 11.6. The summed E-state index contributed by atoms with van der Waals surface area (Å²) in [5.41, 5.74) is 5.10. The monoisotopic (exact) mass is 401 g/mol. The molecular weight excluding hydrogens is 375 g/mol. The van der Waals surface area contributed by atoms with Gasteiger partial charge in [0.15, 0.2) is 0 Å². The Bertz CT molecular complexity index is 828. The van der Waals surface area contributed by atoms with Gasteiger partial charge in [-0.2, -0.15) is 0 Å². The summed E-state index contributed by atoms with van der Waals surface area (Å²) in [6, 6.07) is 17.6. The van der Waals surface area contributed by atoms with E-state index in [-0.39, 0.29) is 14.7 Å². The molecule has 0 amide bonds. The summed E-state index contributed by atoms with van der Waals surface area (Å²) in [5.74, 6) is 1.16. The Morgan fingerprint density at radius 3 is 1.83 bits per heavy atom. The average Bonchev–Trinajstić information content (AvgIpc) is 2.90. The second-order valence-electron chi connectivity index (χ2n) is 7.66. The Hall–Kier alpha value is -1.48. The molecule has 0 radical (unpaired) electrons. The summed E-state index contributed by atoms with van der Waals surface area (Å²) in [7, 11) is -1.20. The van der Waals surface area contributed by atoms with Crippen LogP contribution in [0.2, 0.25) is 19.6 Å². The second kappa shape index (κ2) is 6.79. The molecule has 0 atom stereocenters. The summed E-state index contributed by atoms with van der Waals surface area (Å²) >= 11 is 0.260. The van der Waals surface area contributed by atoms with Gasteiger partial charge in [0.05, 0.1) is 0 Å². The molecule has 0 saturated carbocycles. The Morgan fingerprint density at radius 2 is 1.33 bits per heavy atom. The molecule has 124 valence electrons. The minimum absolute atomic E-state index is 0.260. The van der Waals surface area contributed by atoms with E-state index in [0.717, 1.165) is 12.0 Å². The van der Waals surface area contributed by atoms with E-state index in [9.17, 15) is 0 Å². The summed E-state index contributed by atoms with van der Waals surface area (Å²) in [5, 5.41) is 0. The van der Waals surface area contributed by atoms with Crippen LogP contribution in [0.4, 0.5) is 0 Å². The van der Waals surface area contributed by atoms with Crippen molar-refractivity contribution in [1.29, 1.82) is 0 Å². The van der Waals surface area contributed by atoms with Gasteiger partial charge in [-0.25, -0.2) is 0 Å². The number of benzene rings is 2. The Morgan fingerprint density at radius 1 is 0.833 bits per heavy atom. The molecule has 0 aliphatic heterocycles. The molecule has 0 N–H and O–H groups in total. The van der Waals surface area contributed by atoms with E-state index >= 15 is 0 Å². The van der Waals surface area contributed by atoms with E-state index < -0.39 is 8.07 Å². The molecule has 2 aromatic carbocycles. The molecule has 0 aliphatic rings. The minimum atomic E-state index is -1.20. The molecule has 0 saturated heterocycles. The van der Waals surface area contributed by atoms with Crippen molar-refractivity contribution in [2.45, 2.75) is 39.7 Å². The van der Waals surface area contributed by atoms with Crippen LogP contribution >= 0.6 is 0 Å². The van der Waals surface area contributed by atoms with Crippen molar-refractivity contribution in [3.05, 3.63) is 59.7 Å². The molecule has 0 bridgehead atoms. The van der Waals surface area contributed by atoms with E-state index in [0.29, 0.717) is 0 Å². The molecule has 0 aliphatic carbocycles. The van der Waals surface area contributed by atoms with Crippen LogP contribution in [-0.2, 0) is 6.17 Å². The Kier molecular flexibility index (Phi) is 4.91. The normalized spacial score (nSPS) is 11.7. The summed E-state index contributed by atoms with van der Waals surface area (Å²) < 4.78 is 3.79. The van der Waals surface area contributed by atoms with Crippen LogP contribution in [0.15, 0.2) is 48.5 Å². The molecule has 3 aromatic rings. The van der Waals surface area contributed by atoms with Crippen LogP contribution in [0.5, 0.6) is 0 Å². The first-order valence-electron chi connectivity index (χ1n) is 8.37. The molecule has 1 heterocycles. The fraction of sp³-hybridized carbons (Fsp3) is 0.300. The van der Waals surface area contributed by atoms with Crippen LogP contribution in [0.3, 0.4) is 0 Å². The number of hydrogen-bond acceptors (Lipinski definition) is 1. The maximum absolute atomic E-state index is 5.06. The van der Waals surface area contributed by atoms with Crippen LogP contribution in [0.1, 0.15) is 11.1 Å². The molecule has 0 fully saturated rings. The summed E-state index contributed by atoms with van der Waals surface area (Å²) in [6.07, 6.45) is 1.16. The Balaban J connectivity index is 2.08. The van der Waals surface area contributed by atoms with E-state index in [4.69, 9.17) is 4.98 Å². The number of hydrogen-bond donors (Lipinski definition) is 0. The van der Waals surface area contributed by atoms with Gasteiger partial charge in [-0.1, -0.05) is 0 Å². The van der Waals surface area contributed by atoms with E-state index in [1.165, 1.54) is 26.8 Å². The third-order valence-electron chi connectivity index (χ3n) is 3.87. The predicted octanol–water partition coefficient (Wildman–Crippen LogP) is 4.25. The van der Waals surface area contributed by atoms with Crippen LogP contribution in [-0.4, -0.2) is 27.8 Å². The predicted molar refractivity (Wildman–Crippen MR) is 105 cm³/mol. The molecule has 1 aromatic heterocycles. The van der Waals surface area contributed by atoms with Crippen molar-refractivity contribution in [2.24, 2.45) is 0 Å². The molecule has 24 heavy (non-hydrogen) atoms. The van der Waals surface area contributed by atoms with Crippen molar-refractivity contribution >= 4 is 22.8 Å². The van der Waals surface area contributed by atoms with Crippen molar-refractivity contribution in [3.63, 3.8) is 0 Å². The van der Waals surface area contributed by atoms with Gasteiger partial charge in [-0.3, -0.25) is 0 Å². The SMILES string of the molecule is Cc1ccc(-c2nc(-c3ccc(C)cc3)[n+](C[Si](C)(C)C)[se]2)cc1. The molecule has 0 unspecified atom stereocenters. The van der Waals surface area contributed by atoms with Gasteiger partial charge in [0.2, 0.25) is 0 Å². The van der Waals surface area contributed by atoms with Crippen molar-refractivity contribution in [2.75, 3.05) is 0 Å². The molecular formula is C20H25N2SeSi+. The van der Waals surface area contributed by atoms with Crippen molar-refractivity contribution in [3.8, 4) is 21.5 Å². The fourth-order valence-corrected chi connectivity index (χ4v) is 8.20. The molecule has 4 heteroatoms. The molecule has 0 spiro atoms. The quantitative estimate of drug-likeness (QED) is 0.598. The molecule has 3 rings (SSSR count). The van der Waals surface area contributed by atoms with Crippen LogP contribution in [0.25, 0.3) is 21.5 Å². The molecule has 2 nitrogen and oxygen atoms in total. The number of aromatic nitrogens is 2. The fourth-order valence-electron chi connectivity index (χ4n) is 2.58. The van der Waals surface area contributed by atoms with E-state index in [1.54, 1.807) is 0 Å². The van der Waals surface area contributed by atoms with E-state index in [1.807, 2.05) is 0 Å². The first kappa shape index (κ1) is 17.3. The maximum atomic E-state index is 5.06. The zero-order valence-corrected chi connectivity index (χ0v) is 17.8. The average molecular weight is 400 g/mol. The van der Waals surface area contributed by atoms with Gasteiger partial charge in [0.25, 0.3) is 0 Å². The number of aryl methyl sites for hydroxylation is 2. The third kappa shape index (κ3) is 4.13. The second-order valence-corrected chi connectivity index (χ2v) is 15.2. The van der Waals surface area contributed by atoms with Crippen molar-refractivity contribution < 1.29 is 3.56 Å². The van der Waals surface area contributed by atoms with Gasteiger partial charge < -0.3 is 0 Å². The zero-order chi connectivity index (χ0) is 17.3. The van der Waals surface area contributed by atoms with Crippen LogP contribution < -0.4 is 3.56 Å². The topological polar surface area (TPSA) is 16.8 Å². The number of rotatable bonds is 4. The standard InChI is InChI=1S/C20H25N2SeSi/c1-15-6-10-17(11-7-15)19-21-20(18-12-8-16(2)9-13-18)23-22(19)14-24(3,4)5/h6-13H,14H2,1-5H3/q+1. The number of nitrogens with zero attached hydrogens (tertiary/aromatic N) is 2. The van der Waals surface area contributed by atoms with Gasteiger partial charge in [0, 0.05) is 0 Å².